The number of benzene rings is 1. The molecule has 4 nitrogen and oxygen atoms in total. The predicted octanol–water partition coefficient (Wildman–Crippen LogP) is 2.62. The van der Waals surface area contributed by atoms with Gasteiger partial charge in [-0.2, -0.15) is 0 Å². The molecule has 3 rings (SSSR count). The van der Waals surface area contributed by atoms with Crippen molar-refractivity contribution in [3.8, 4) is 0 Å². The Kier molecular flexibility index (Phi) is 3.66. The van der Waals surface area contributed by atoms with Crippen LogP contribution in [-0.4, -0.2) is 32.7 Å². The Morgan fingerprint density at radius 1 is 1.33 bits per heavy atom. The van der Waals surface area contributed by atoms with Gasteiger partial charge in [0, 0.05) is 24.3 Å². The zero-order valence-corrected chi connectivity index (χ0v) is 13.0. The van der Waals surface area contributed by atoms with Crippen molar-refractivity contribution in [3.05, 3.63) is 29.8 Å². The lowest BCUT2D eigenvalue weighted by Crippen LogP contribution is -2.47. The van der Waals surface area contributed by atoms with Crippen LogP contribution >= 0.6 is 0 Å². The lowest BCUT2D eigenvalue weighted by Gasteiger charge is -2.46. The zero-order valence-electron chi connectivity index (χ0n) is 12.2. The number of rotatable bonds is 3. The number of sulfone groups is 1. The third-order valence-electron chi connectivity index (χ3n) is 4.68. The van der Waals surface area contributed by atoms with E-state index in [0.717, 1.165) is 31.9 Å². The molecule has 1 saturated carbocycles. The van der Waals surface area contributed by atoms with Crippen LogP contribution in [0.25, 0.3) is 0 Å². The lowest BCUT2D eigenvalue weighted by molar-refractivity contribution is -0.137. The summed E-state index contributed by atoms with van der Waals surface area (Å²) in [5.41, 5.74) is 0.423. The molecule has 1 aliphatic heterocycles. The molecule has 114 valence electrons. The maximum absolute atomic E-state index is 12.7. The van der Waals surface area contributed by atoms with Crippen molar-refractivity contribution in [2.24, 2.45) is 5.92 Å². The minimum atomic E-state index is -3.28. The minimum Gasteiger partial charge on any atom is -0.375 e. The molecule has 1 heterocycles. The smallest absolute Gasteiger partial charge is 0.175 e. The Hall–Kier alpha value is -1.20. The fraction of sp³-hybridized carbons (Fsp3) is 0.562. The molecule has 0 N–H and O–H groups in total. The fourth-order valence-corrected chi connectivity index (χ4v) is 3.95. The summed E-state index contributed by atoms with van der Waals surface area (Å²) in [7, 11) is -3.28. The summed E-state index contributed by atoms with van der Waals surface area (Å²) in [6.07, 6.45) is 5.91. The molecule has 21 heavy (non-hydrogen) atoms. The Labute approximate surface area is 125 Å². The van der Waals surface area contributed by atoms with Crippen LogP contribution in [0.3, 0.4) is 0 Å². The largest absolute Gasteiger partial charge is 0.375 e. The lowest BCUT2D eigenvalue weighted by atomic mass is 9.70. The van der Waals surface area contributed by atoms with Gasteiger partial charge in [0.1, 0.15) is 0 Å². The number of ketones is 1. The van der Waals surface area contributed by atoms with Gasteiger partial charge in [0.05, 0.1) is 10.5 Å². The standard InChI is InChI=1S/C16H20O4S/c1-21(18,19)14-5-2-4-12(10-14)15(17)13-6-9-20-16(11-13)7-3-8-16/h2,4-5,10,13H,3,6-9,11H2,1H3. The fourth-order valence-electron chi connectivity index (χ4n) is 3.29. The monoisotopic (exact) mass is 308 g/mol. The molecule has 1 aliphatic carbocycles. The second kappa shape index (κ2) is 5.21. The van der Waals surface area contributed by atoms with Crippen LogP contribution in [0.15, 0.2) is 29.2 Å². The quantitative estimate of drug-likeness (QED) is 0.805. The minimum absolute atomic E-state index is 0.0474. The molecule has 0 radical (unpaired) electrons. The van der Waals surface area contributed by atoms with E-state index in [1.807, 2.05) is 0 Å². The number of hydrogen-bond acceptors (Lipinski definition) is 4. The summed E-state index contributed by atoms with van der Waals surface area (Å²) < 4.78 is 29.1. The van der Waals surface area contributed by atoms with Gasteiger partial charge in [0.25, 0.3) is 0 Å². The van der Waals surface area contributed by atoms with E-state index in [0.29, 0.717) is 12.2 Å². The highest BCUT2D eigenvalue weighted by Gasteiger charge is 2.44. The molecule has 1 unspecified atom stereocenters. The first-order chi connectivity index (χ1) is 9.90. The van der Waals surface area contributed by atoms with Crippen LogP contribution in [0.2, 0.25) is 0 Å². The number of hydrogen-bond donors (Lipinski definition) is 0. The predicted molar refractivity (Wildman–Crippen MR) is 79.1 cm³/mol. The molecule has 1 aromatic rings. The summed E-state index contributed by atoms with van der Waals surface area (Å²) in [6.45, 7) is 0.627. The van der Waals surface area contributed by atoms with E-state index >= 15 is 0 Å². The molecular formula is C16H20O4S. The van der Waals surface area contributed by atoms with E-state index in [1.54, 1.807) is 12.1 Å². The van der Waals surface area contributed by atoms with Crippen LogP contribution in [0.1, 0.15) is 42.5 Å². The summed E-state index contributed by atoms with van der Waals surface area (Å²) in [5, 5.41) is 0. The van der Waals surface area contributed by atoms with Crippen molar-refractivity contribution in [3.63, 3.8) is 0 Å². The van der Waals surface area contributed by atoms with Crippen LogP contribution < -0.4 is 0 Å². The van der Waals surface area contributed by atoms with E-state index in [2.05, 4.69) is 0 Å². The van der Waals surface area contributed by atoms with Crippen LogP contribution in [0.4, 0.5) is 0 Å². The van der Waals surface area contributed by atoms with Gasteiger partial charge in [0.15, 0.2) is 15.6 Å². The molecule has 2 aliphatic rings. The van der Waals surface area contributed by atoms with Gasteiger partial charge in [-0.15, -0.1) is 0 Å². The molecule has 1 saturated heterocycles. The summed E-state index contributed by atoms with van der Waals surface area (Å²) in [6, 6.07) is 6.38. The van der Waals surface area contributed by atoms with E-state index in [9.17, 15) is 13.2 Å². The van der Waals surface area contributed by atoms with Gasteiger partial charge in [-0.05, 0) is 44.2 Å². The van der Waals surface area contributed by atoms with Gasteiger partial charge in [-0.3, -0.25) is 4.79 Å². The maximum atomic E-state index is 12.7. The van der Waals surface area contributed by atoms with Crippen molar-refractivity contribution in [1.82, 2.24) is 0 Å². The Morgan fingerprint density at radius 2 is 2.10 bits per heavy atom. The molecule has 1 aromatic carbocycles. The average Bonchev–Trinajstić information content (AvgIpc) is 2.44. The van der Waals surface area contributed by atoms with E-state index in [1.165, 1.54) is 18.6 Å². The SMILES string of the molecule is CS(=O)(=O)c1cccc(C(=O)C2CCOC3(CCC3)C2)c1. The van der Waals surface area contributed by atoms with Crippen molar-refractivity contribution in [2.45, 2.75) is 42.6 Å². The normalized spacial score (nSPS) is 24.5. The van der Waals surface area contributed by atoms with Gasteiger partial charge < -0.3 is 4.74 Å². The second-order valence-corrected chi connectivity index (χ2v) is 8.25. The third-order valence-corrected chi connectivity index (χ3v) is 5.79. The topological polar surface area (TPSA) is 60.4 Å². The molecule has 0 aromatic heterocycles. The third kappa shape index (κ3) is 2.90. The van der Waals surface area contributed by atoms with E-state index < -0.39 is 9.84 Å². The number of carbonyl (C=O) groups excluding carboxylic acids is 1. The van der Waals surface area contributed by atoms with Crippen molar-refractivity contribution < 1.29 is 17.9 Å². The highest BCUT2D eigenvalue weighted by atomic mass is 32.2. The molecule has 1 atom stereocenters. The number of carbonyl (C=O) groups is 1. The van der Waals surface area contributed by atoms with Gasteiger partial charge in [-0.25, -0.2) is 8.42 Å². The Morgan fingerprint density at radius 3 is 2.71 bits per heavy atom. The average molecular weight is 308 g/mol. The Balaban J connectivity index is 1.82. The first kappa shape index (κ1) is 14.7. The molecule has 1 spiro atoms. The zero-order chi connectivity index (χ0) is 15.1. The number of ether oxygens (including phenoxy) is 1. The van der Waals surface area contributed by atoms with E-state index in [-0.39, 0.29) is 22.2 Å². The van der Waals surface area contributed by atoms with Crippen LogP contribution in [0, 0.1) is 5.92 Å². The van der Waals surface area contributed by atoms with Crippen LogP contribution in [0.5, 0.6) is 0 Å². The van der Waals surface area contributed by atoms with Gasteiger partial charge in [0.2, 0.25) is 0 Å². The van der Waals surface area contributed by atoms with Gasteiger partial charge in [-0.1, -0.05) is 12.1 Å². The summed E-state index contributed by atoms with van der Waals surface area (Å²) in [5.74, 6) is 0.00364. The highest BCUT2D eigenvalue weighted by Crippen LogP contribution is 2.44. The van der Waals surface area contributed by atoms with Crippen molar-refractivity contribution >= 4 is 15.6 Å². The highest BCUT2D eigenvalue weighted by molar-refractivity contribution is 7.90. The molecule has 2 fully saturated rings. The summed E-state index contributed by atoms with van der Waals surface area (Å²) >= 11 is 0. The maximum Gasteiger partial charge on any atom is 0.175 e. The van der Waals surface area contributed by atoms with E-state index in [4.69, 9.17) is 4.74 Å². The Bertz CT molecular complexity index is 659. The summed E-state index contributed by atoms with van der Waals surface area (Å²) in [4.78, 5) is 12.9. The van der Waals surface area contributed by atoms with Crippen molar-refractivity contribution in [2.75, 3.05) is 12.9 Å². The second-order valence-electron chi connectivity index (χ2n) is 6.24. The van der Waals surface area contributed by atoms with Gasteiger partial charge >= 0.3 is 0 Å². The molecule has 0 bridgehead atoms. The molecule has 0 amide bonds. The first-order valence-electron chi connectivity index (χ1n) is 7.38. The number of Topliss-reactive ketones (excluding diaryl/α,β-unsaturated/α-hetero) is 1. The molecular weight excluding hydrogens is 288 g/mol. The van der Waals surface area contributed by atoms with Crippen molar-refractivity contribution in [1.29, 1.82) is 0 Å². The first-order valence-corrected chi connectivity index (χ1v) is 9.27. The molecule has 5 heteroatoms. The van der Waals surface area contributed by atoms with Crippen LogP contribution in [-0.2, 0) is 14.6 Å².